The van der Waals surface area contributed by atoms with Crippen molar-refractivity contribution in [2.45, 2.75) is 0 Å². The third-order valence-corrected chi connectivity index (χ3v) is 12.2. The number of esters is 3. The SMILES string of the molecule is [C-]#[N+]c1cc(-c2nc3c4c(nc(-c5ccc(C#N)c(C#N)c5)n4-c4ccc(OC(=O)C=C)cc4)c4c(nc(-c5ccc([N+]#[C-])c([N+]#[C-])c5)n4-c4ccc(OC(=O)C=C)cc4)c3n2-c2ccc(OC(=O)C=C)cc2)ccc1C#N. The molecule has 0 aliphatic heterocycles. The monoisotopic (exact) mass is 1010 g/mol. The molecule has 18 nitrogen and oxygen atoms in total. The first kappa shape index (κ1) is 49.1. The van der Waals surface area contributed by atoms with Crippen molar-refractivity contribution in [1.29, 1.82) is 15.8 Å². The summed E-state index contributed by atoms with van der Waals surface area (Å²) in [6.07, 6.45) is 3.08. The first-order valence-corrected chi connectivity index (χ1v) is 23.0. The summed E-state index contributed by atoms with van der Waals surface area (Å²) in [6, 6.07) is 39.9. The van der Waals surface area contributed by atoms with Gasteiger partial charge in [-0.2, -0.15) is 15.8 Å². The van der Waals surface area contributed by atoms with Gasteiger partial charge in [0.1, 0.15) is 80.0 Å². The molecule has 0 N–H and O–H groups in total. The third-order valence-electron chi connectivity index (χ3n) is 12.2. The summed E-state index contributed by atoms with van der Waals surface area (Å²) in [4.78, 5) is 64.3. The highest BCUT2D eigenvalue weighted by molar-refractivity contribution is 6.22. The molecule has 0 atom stereocenters. The van der Waals surface area contributed by atoms with Gasteiger partial charge in [-0.3, -0.25) is 23.4 Å². The molecule has 0 radical (unpaired) electrons. The van der Waals surface area contributed by atoms with E-state index in [2.05, 4.69) is 52.5 Å². The summed E-state index contributed by atoms with van der Waals surface area (Å²) in [5, 5.41) is 30.4. The number of aromatic nitrogens is 6. The van der Waals surface area contributed by atoms with E-state index >= 15 is 0 Å². The smallest absolute Gasteiger partial charge is 0.335 e. The molecular weight excluding hydrogens is 985 g/mol. The van der Waals surface area contributed by atoms with Gasteiger partial charge >= 0.3 is 17.9 Å². The maximum absolute atomic E-state index is 12.4. The molecule has 0 fully saturated rings. The van der Waals surface area contributed by atoms with Gasteiger partial charge < -0.3 is 14.2 Å². The fraction of sp³-hybridized carbons (Fsp3) is 0. The van der Waals surface area contributed by atoms with Crippen LogP contribution < -0.4 is 14.2 Å². The van der Waals surface area contributed by atoms with Crippen LogP contribution in [0.3, 0.4) is 0 Å². The van der Waals surface area contributed by atoms with Crippen LogP contribution in [0.25, 0.3) is 98.9 Å². The zero-order valence-electron chi connectivity index (χ0n) is 40.3. The van der Waals surface area contributed by atoms with E-state index in [-0.39, 0.29) is 85.0 Å². The van der Waals surface area contributed by atoms with E-state index < -0.39 is 17.9 Å². The van der Waals surface area contributed by atoms with E-state index in [4.69, 9.17) is 48.9 Å². The van der Waals surface area contributed by atoms with Gasteiger partial charge in [-0.25, -0.2) is 34.2 Å². The van der Waals surface area contributed by atoms with E-state index in [0.29, 0.717) is 50.3 Å². The largest absolute Gasteiger partial charge is 0.423 e. The minimum Gasteiger partial charge on any atom is -0.423 e. The molecule has 7 aromatic carbocycles. The quantitative estimate of drug-likeness (QED) is 0.0483. The molecule has 0 saturated carbocycles. The van der Waals surface area contributed by atoms with Crippen LogP contribution in [0.4, 0.5) is 17.1 Å². The third kappa shape index (κ3) is 8.54. The van der Waals surface area contributed by atoms with E-state index in [1.165, 1.54) is 24.3 Å². The molecule has 366 valence electrons. The Bertz CT molecular complexity index is 4050. The maximum Gasteiger partial charge on any atom is 0.335 e. The number of ether oxygens (including phenoxy) is 3. The Balaban J connectivity index is 1.46. The molecule has 0 amide bonds. The fourth-order valence-corrected chi connectivity index (χ4v) is 8.79. The van der Waals surface area contributed by atoms with E-state index in [1.54, 1.807) is 117 Å². The number of benzene rings is 7. The normalized spacial score (nSPS) is 10.5. The average Bonchev–Trinajstić information content (AvgIpc) is 3.47. The predicted molar refractivity (Wildman–Crippen MR) is 287 cm³/mol. The zero-order chi connectivity index (χ0) is 54.8. The van der Waals surface area contributed by atoms with Crippen molar-refractivity contribution in [3.8, 4) is 86.7 Å². The number of carbonyl (C=O) groups is 3. The van der Waals surface area contributed by atoms with Crippen LogP contribution in [0.2, 0.25) is 0 Å². The molecule has 0 saturated heterocycles. The number of nitrogens with zero attached hydrogens (tertiary/aromatic N) is 12. The molecule has 3 heterocycles. The van der Waals surface area contributed by atoms with Gasteiger partial charge in [-0.05, 0) is 97.1 Å². The highest BCUT2D eigenvalue weighted by Crippen LogP contribution is 2.46. The molecule has 0 aliphatic carbocycles. The second-order valence-corrected chi connectivity index (χ2v) is 16.6. The van der Waals surface area contributed by atoms with Crippen molar-refractivity contribution in [3.63, 3.8) is 0 Å². The van der Waals surface area contributed by atoms with Crippen molar-refractivity contribution in [1.82, 2.24) is 28.7 Å². The number of imidazole rings is 3. The van der Waals surface area contributed by atoms with Gasteiger partial charge in [0.15, 0.2) is 11.4 Å². The Labute approximate surface area is 442 Å². The summed E-state index contributed by atoms with van der Waals surface area (Å²) < 4.78 is 21.8. The van der Waals surface area contributed by atoms with Crippen molar-refractivity contribution in [3.05, 3.63) is 216 Å². The minimum atomic E-state index is -0.695. The summed E-state index contributed by atoms with van der Waals surface area (Å²) in [5.41, 5.74) is 4.87. The Hall–Kier alpha value is -12.5. The number of hydrogen-bond donors (Lipinski definition) is 0. The van der Waals surface area contributed by atoms with E-state index in [9.17, 15) is 30.2 Å². The van der Waals surface area contributed by atoms with Crippen LogP contribution in [0.1, 0.15) is 16.7 Å². The van der Waals surface area contributed by atoms with Crippen LogP contribution in [0.15, 0.2) is 165 Å². The Morgan fingerprint density at radius 3 is 1.12 bits per heavy atom. The van der Waals surface area contributed by atoms with Crippen LogP contribution in [0.5, 0.6) is 17.2 Å². The van der Waals surface area contributed by atoms with Crippen molar-refractivity contribution >= 4 is 68.1 Å². The lowest BCUT2D eigenvalue weighted by Crippen LogP contribution is -2.04. The molecule has 0 aliphatic rings. The molecule has 10 aromatic rings. The van der Waals surface area contributed by atoms with Crippen LogP contribution in [-0.2, 0) is 14.4 Å². The standard InChI is InChI=1S/C60H30N12O6/c1-7-49(73)76-43-21-15-40(16-22-43)70-55-52(67-58(70)34-10-12-37(31-61)39(28-34)33-63)56-54(69-60(36-14-27-46(64-4)48(30-36)66-6)72(56)42-19-25-45(26-20-42)78-51(75)9-3)57-53(55)68-59(35-11-13-38(32-62)47(29-35)65-5)71(57)41-17-23-44(24-18-41)77-50(74)8-2/h7-30H,1-3H2. The number of rotatable bonds is 12. The van der Waals surface area contributed by atoms with Gasteiger partial charge in [0.05, 0.1) is 42.5 Å². The number of nitriles is 3. The highest BCUT2D eigenvalue weighted by atomic mass is 16.5. The highest BCUT2D eigenvalue weighted by Gasteiger charge is 2.31. The van der Waals surface area contributed by atoms with Crippen molar-refractivity contribution in [2.24, 2.45) is 0 Å². The van der Waals surface area contributed by atoms with Crippen molar-refractivity contribution in [2.75, 3.05) is 0 Å². The van der Waals surface area contributed by atoms with Crippen molar-refractivity contribution < 1.29 is 28.6 Å². The number of fused-ring (bicyclic) bond motifs is 6. The molecular formula is C60H30N12O6. The molecule has 78 heavy (non-hydrogen) atoms. The number of carbonyl (C=O) groups excluding carboxylic acids is 3. The summed E-state index contributed by atoms with van der Waals surface area (Å²) in [5.74, 6) is -0.782. The van der Waals surface area contributed by atoms with Crippen LogP contribution >= 0.6 is 0 Å². The van der Waals surface area contributed by atoms with Gasteiger partial charge in [0, 0.05) is 52.0 Å². The second kappa shape index (κ2) is 20.2. The molecule has 3 aromatic heterocycles. The average molecular weight is 1010 g/mol. The maximum atomic E-state index is 12.4. The Kier molecular flexibility index (Phi) is 12.7. The molecule has 0 bridgehead atoms. The van der Waals surface area contributed by atoms with Crippen LogP contribution in [0, 0.1) is 53.7 Å². The van der Waals surface area contributed by atoms with E-state index in [0.717, 1.165) is 18.2 Å². The van der Waals surface area contributed by atoms with Crippen LogP contribution in [-0.4, -0.2) is 46.6 Å². The summed E-state index contributed by atoms with van der Waals surface area (Å²) >= 11 is 0. The lowest BCUT2D eigenvalue weighted by Gasteiger charge is -2.13. The van der Waals surface area contributed by atoms with E-state index in [1.807, 2.05) is 0 Å². The Morgan fingerprint density at radius 1 is 0.436 bits per heavy atom. The molecule has 0 unspecified atom stereocenters. The second-order valence-electron chi connectivity index (χ2n) is 16.6. The topological polar surface area (TPSA) is 217 Å². The summed E-state index contributed by atoms with van der Waals surface area (Å²) in [6.45, 7) is 34.4. The lowest BCUT2D eigenvalue weighted by molar-refractivity contribution is -0.129. The predicted octanol–water partition coefficient (Wildman–Crippen LogP) is 12.2. The molecule has 10 rings (SSSR count). The molecule has 18 heteroatoms. The lowest BCUT2D eigenvalue weighted by atomic mass is 10.1. The first-order chi connectivity index (χ1) is 38.0. The summed E-state index contributed by atoms with van der Waals surface area (Å²) in [7, 11) is 0. The number of hydrogen-bond acceptors (Lipinski definition) is 12. The van der Waals surface area contributed by atoms with Gasteiger partial charge in [0.25, 0.3) is 0 Å². The van der Waals surface area contributed by atoms with Gasteiger partial charge in [-0.1, -0.05) is 50.1 Å². The first-order valence-electron chi connectivity index (χ1n) is 23.0. The minimum absolute atomic E-state index is 0.0431. The fourth-order valence-electron chi connectivity index (χ4n) is 8.79. The molecule has 0 spiro atoms. The Morgan fingerprint density at radius 2 is 0.769 bits per heavy atom. The van der Waals surface area contributed by atoms with Gasteiger partial charge in [-0.15, -0.1) is 0 Å². The zero-order valence-corrected chi connectivity index (χ0v) is 40.3. The van der Waals surface area contributed by atoms with Gasteiger partial charge in [0.2, 0.25) is 5.69 Å².